The van der Waals surface area contributed by atoms with Crippen molar-refractivity contribution in [1.82, 2.24) is 15.5 Å². The number of carbonyl (C=O) groups is 5. The molecule has 1 saturated heterocycles. The smallest absolute Gasteiger partial charge is 0.287 e. The Morgan fingerprint density at radius 3 is 2.14 bits per heavy atom. The molecule has 0 aromatic rings. The number of likely N-dealkylation sites (tertiary alicyclic amines) is 1. The maximum atomic E-state index is 13.7. The predicted octanol–water partition coefficient (Wildman–Crippen LogP) is 1.70. The second kappa shape index (κ2) is 12.3. The van der Waals surface area contributed by atoms with Crippen LogP contribution in [0.15, 0.2) is 11.6 Å². The largest absolute Gasteiger partial charge is 0.363 e. The summed E-state index contributed by atoms with van der Waals surface area (Å²) in [5.41, 5.74) is 6.25. The van der Waals surface area contributed by atoms with Gasteiger partial charge in [-0.2, -0.15) is 0 Å². The van der Waals surface area contributed by atoms with Crippen molar-refractivity contribution in [3.63, 3.8) is 0 Å². The summed E-state index contributed by atoms with van der Waals surface area (Å²) in [7, 11) is 0. The number of hydrogen-bond donors (Lipinski definition) is 3. The molecule has 2 unspecified atom stereocenters. The molecule has 1 aliphatic heterocycles. The molecule has 1 aliphatic carbocycles. The Kier molecular flexibility index (Phi) is 10.0. The molecule has 0 aromatic carbocycles. The number of nitrogens with one attached hydrogen (secondary N) is 2. The van der Waals surface area contributed by atoms with E-state index in [0.29, 0.717) is 25.8 Å². The van der Waals surface area contributed by atoms with Gasteiger partial charge in [0.05, 0.1) is 6.04 Å². The van der Waals surface area contributed by atoms with Gasteiger partial charge in [0, 0.05) is 18.4 Å². The molecular formula is C26H42N4O5. The minimum Gasteiger partial charge on any atom is -0.363 e. The molecule has 35 heavy (non-hydrogen) atoms. The predicted molar refractivity (Wildman–Crippen MR) is 133 cm³/mol. The van der Waals surface area contributed by atoms with E-state index in [4.69, 9.17) is 5.73 Å². The van der Waals surface area contributed by atoms with E-state index in [1.54, 1.807) is 13.8 Å². The number of hydrogen-bond acceptors (Lipinski definition) is 5. The van der Waals surface area contributed by atoms with Gasteiger partial charge in [-0.3, -0.25) is 24.0 Å². The van der Waals surface area contributed by atoms with Crippen LogP contribution in [0.1, 0.15) is 73.6 Å². The summed E-state index contributed by atoms with van der Waals surface area (Å²) in [5, 5.41) is 5.62. The second-order valence-electron chi connectivity index (χ2n) is 10.7. The minimum absolute atomic E-state index is 0.129. The molecule has 5 atom stereocenters. The Morgan fingerprint density at radius 1 is 1.03 bits per heavy atom. The van der Waals surface area contributed by atoms with Gasteiger partial charge in [-0.25, -0.2) is 0 Å². The number of amides is 4. The standard InChI is InChI=1S/C26H42N4O5/c1-7-16(6)20(29-24(33)15(4)5)26(35)30-11-10-18(12-14(2)3)21(30)25(34)28-19(13-17-8-9-17)22(31)23(27)32/h12,15-21H,7-11,13H2,1-6H3,(H2,27,32)(H,28,34)(H,29,33)/t16-,18-,19?,20?,21+/m1/s1. The molecule has 2 rings (SSSR count). The molecule has 0 bridgehead atoms. The quantitative estimate of drug-likeness (QED) is 0.282. The van der Waals surface area contributed by atoms with Gasteiger partial charge in [0.2, 0.25) is 23.5 Å². The molecule has 1 heterocycles. The van der Waals surface area contributed by atoms with Crippen LogP contribution in [0.25, 0.3) is 0 Å². The number of Topliss-reactive ketones (excluding diaryl/α,β-unsaturated/α-hetero) is 1. The molecule has 0 radical (unpaired) electrons. The molecule has 196 valence electrons. The summed E-state index contributed by atoms with van der Waals surface area (Å²) in [6.07, 6.45) is 5.47. The van der Waals surface area contributed by atoms with Crippen LogP contribution < -0.4 is 16.4 Å². The molecule has 9 nitrogen and oxygen atoms in total. The number of carbonyl (C=O) groups excluding carboxylic acids is 5. The van der Waals surface area contributed by atoms with Gasteiger partial charge < -0.3 is 21.3 Å². The van der Waals surface area contributed by atoms with E-state index in [0.717, 1.165) is 18.4 Å². The number of allylic oxidation sites excluding steroid dienone is 1. The van der Waals surface area contributed by atoms with Crippen LogP contribution in [0.5, 0.6) is 0 Å². The van der Waals surface area contributed by atoms with E-state index < -0.39 is 35.7 Å². The highest BCUT2D eigenvalue weighted by molar-refractivity contribution is 6.37. The fraction of sp³-hybridized carbons (Fsp3) is 0.731. The van der Waals surface area contributed by atoms with E-state index in [1.807, 2.05) is 33.8 Å². The molecule has 9 heteroatoms. The second-order valence-corrected chi connectivity index (χ2v) is 10.7. The van der Waals surface area contributed by atoms with Crippen molar-refractivity contribution in [2.45, 2.75) is 91.8 Å². The maximum Gasteiger partial charge on any atom is 0.287 e. The number of primary amides is 1. The zero-order valence-corrected chi connectivity index (χ0v) is 21.9. The van der Waals surface area contributed by atoms with Gasteiger partial charge in [0.15, 0.2) is 0 Å². The van der Waals surface area contributed by atoms with Crippen molar-refractivity contribution in [3.8, 4) is 0 Å². The summed E-state index contributed by atoms with van der Waals surface area (Å²) in [6.45, 7) is 11.6. The minimum atomic E-state index is -1.08. The maximum absolute atomic E-state index is 13.7. The highest BCUT2D eigenvalue weighted by atomic mass is 16.2. The Labute approximate surface area is 208 Å². The molecule has 0 aromatic heterocycles. The Bertz CT molecular complexity index is 860. The van der Waals surface area contributed by atoms with Crippen molar-refractivity contribution < 1.29 is 24.0 Å². The van der Waals surface area contributed by atoms with Gasteiger partial charge >= 0.3 is 0 Å². The molecule has 4 amide bonds. The van der Waals surface area contributed by atoms with Gasteiger partial charge in [-0.05, 0) is 38.5 Å². The lowest BCUT2D eigenvalue weighted by Crippen LogP contribution is -2.58. The number of ketones is 1. The van der Waals surface area contributed by atoms with Crippen LogP contribution >= 0.6 is 0 Å². The van der Waals surface area contributed by atoms with Crippen LogP contribution in [0.3, 0.4) is 0 Å². The molecular weight excluding hydrogens is 448 g/mol. The van der Waals surface area contributed by atoms with Gasteiger partial charge in [0.25, 0.3) is 5.91 Å². The lowest BCUT2D eigenvalue weighted by Gasteiger charge is -2.33. The van der Waals surface area contributed by atoms with Crippen molar-refractivity contribution >= 4 is 29.4 Å². The SMILES string of the molecule is CC[C@@H](C)C(NC(=O)C(C)C)C(=O)N1CC[C@H](C=C(C)C)[C@H]1C(=O)NC(CC1CC1)C(=O)C(N)=O. The van der Waals surface area contributed by atoms with E-state index >= 15 is 0 Å². The average molecular weight is 491 g/mol. The van der Waals surface area contributed by atoms with E-state index in [2.05, 4.69) is 10.6 Å². The monoisotopic (exact) mass is 490 g/mol. The van der Waals surface area contributed by atoms with E-state index in [9.17, 15) is 24.0 Å². The summed E-state index contributed by atoms with van der Waals surface area (Å²) < 4.78 is 0. The first kappa shape index (κ1) is 28.5. The van der Waals surface area contributed by atoms with Crippen molar-refractivity contribution in [3.05, 3.63) is 11.6 Å². The fourth-order valence-corrected chi connectivity index (χ4v) is 4.53. The summed E-state index contributed by atoms with van der Waals surface area (Å²) >= 11 is 0. The van der Waals surface area contributed by atoms with Crippen LogP contribution in [-0.2, 0) is 24.0 Å². The van der Waals surface area contributed by atoms with Crippen LogP contribution in [0.2, 0.25) is 0 Å². The number of nitrogens with two attached hydrogens (primary N) is 1. The Balaban J connectivity index is 2.34. The third-order valence-corrected chi connectivity index (χ3v) is 6.99. The normalized spacial score (nSPS) is 22.2. The van der Waals surface area contributed by atoms with Crippen molar-refractivity contribution in [2.24, 2.45) is 29.4 Å². The van der Waals surface area contributed by atoms with Crippen LogP contribution in [0.4, 0.5) is 0 Å². The van der Waals surface area contributed by atoms with Crippen LogP contribution in [0, 0.1) is 23.7 Å². The Hall–Kier alpha value is -2.71. The molecule has 2 aliphatic rings. The van der Waals surface area contributed by atoms with Crippen molar-refractivity contribution in [1.29, 1.82) is 0 Å². The lowest BCUT2D eigenvalue weighted by molar-refractivity contribution is -0.144. The average Bonchev–Trinajstić information content (AvgIpc) is 3.51. The van der Waals surface area contributed by atoms with Gasteiger partial charge in [-0.15, -0.1) is 0 Å². The first-order chi connectivity index (χ1) is 16.4. The van der Waals surface area contributed by atoms with E-state index in [-0.39, 0.29) is 35.5 Å². The first-order valence-electron chi connectivity index (χ1n) is 12.8. The first-order valence-corrected chi connectivity index (χ1v) is 12.8. The van der Waals surface area contributed by atoms with Gasteiger partial charge in [-0.1, -0.05) is 58.6 Å². The summed E-state index contributed by atoms with van der Waals surface area (Å²) in [4.78, 5) is 65.3. The zero-order chi connectivity index (χ0) is 26.4. The van der Waals surface area contributed by atoms with Crippen molar-refractivity contribution in [2.75, 3.05) is 6.54 Å². The van der Waals surface area contributed by atoms with E-state index in [1.165, 1.54) is 4.90 Å². The topological polar surface area (TPSA) is 139 Å². The molecule has 1 saturated carbocycles. The summed E-state index contributed by atoms with van der Waals surface area (Å²) in [6, 6.07) is -2.60. The highest BCUT2D eigenvalue weighted by Crippen LogP contribution is 2.34. The fourth-order valence-electron chi connectivity index (χ4n) is 4.53. The number of nitrogens with zero attached hydrogens (tertiary/aromatic N) is 1. The van der Waals surface area contributed by atoms with Gasteiger partial charge in [0.1, 0.15) is 12.1 Å². The Morgan fingerprint density at radius 2 is 1.66 bits per heavy atom. The third-order valence-electron chi connectivity index (χ3n) is 6.99. The lowest BCUT2D eigenvalue weighted by atomic mass is 9.94. The summed E-state index contributed by atoms with van der Waals surface area (Å²) in [5.74, 6) is -3.28. The molecule has 4 N–H and O–H groups in total. The number of rotatable bonds is 12. The molecule has 0 spiro atoms. The van der Waals surface area contributed by atoms with Crippen LogP contribution in [-0.4, -0.2) is 59.0 Å². The third kappa shape index (κ3) is 7.64. The highest BCUT2D eigenvalue weighted by Gasteiger charge is 2.45. The zero-order valence-electron chi connectivity index (χ0n) is 21.9. The molecule has 2 fully saturated rings.